The van der Waals surface area contributed by atoms with Gasteiger partial charge in [0.25, 0.3) is 0 Å². The van der Waals surface area contributed by atoms with Crippen LogP contribution in [0.3, 0.4) is 0 Å². The zero-order valence-electron chi connectivity index (χ0n) is 10.3. The van der Waals surface area contributed by atoms with Gasteiger partial charge in [0, 0.05) is 11.1 Å². The van der Waals surface area contributed by atoms with Gasteiger partial charge in [0.2, 0.25) is 10.0 Å². The summed E-state index contributed by atoms with van der Waals surface area (Å²) in [5, 5.41) is 8.80. The molecule has 0 saturated carbocycles. The molecule has 106 valence electrons. The first-order chi connectivity index (χ1) is 8.66. The maximum Gasteiger partial charge on any atom is 0.318 e. The monoisotopic (exact) mass is 309 g/mol. The summed E-state index contributed by atoms with van der Waals surface area (Å²) in [4.78, 5) is 10.1. The summed E-state index contributed by atoms with van der Waals surface area (Å²) in [5.41, 5.74) is 0. The van der Waals surface area contributed by atoms with E-state index >= 15 is 0 Å². The molecule has 0 saturated heterocycles. The smallest absolute Gasteiger partial charge is 0.318 e. The third-order valence-electron chi connectivity index (χ3n) is 2.35. The van der Waals surface area contributed by atoms with Crippen LogP contribution in [0.4, 0.5) is 4.39 Å². The highest BCUT2D eigenvalue weighted by Crippen LogP contribution is 2.23. The van der Waals surface area contributed by atoms with Crippen LogP contribution in [0, 0.1) is 5.82 Å². The molecule has 8 heteroatoms. The molecule has 0 bridgehead atoms. The minimum absolute atomic E-state index is 0.0609. The number of sulfonamides is 1. The lowest BCUT2D eigenvalue weighted by Gasteiger charge is -2.24. The predicted octanol–water partition coefficient (Wildman–Crippen LogP) is 1.96. The Labute approximate surface area is 115 Å². The van der Waals surface area contributed by atoms with E-state index in [1.807, 2.05) is 0 Å². The van der Waals surface area contributed by atoms with Crippen LogP contribution in [-0.4, -0.2) is 36.4 Å². The second-order valence-electron chi connectivity index (χ2n) is 4.11. The van der Waals surface area contributed by atoms with Gasteiger partial charge in [-0.3, -0.25) is 4.79 Å². The number of hydrogen-bond acceptors (Lipinski definition) is 3. The van der Waals surface area contributed by atoms with Gasteiger partial charge in [-0.15, -0.1) is 0 Å². The van der Waals surface area contributed by atoms with E-state index in [2.05, 4.69) is 0 Å². The quantitative estimate of drug-likeness (QED) is 0.902. The lowest BCUT2D eigenvalue weighted by atomic mass is 10.3. The lowest BCUT2D eigenvalue weighted by molar-refractivity contribution is -0.137. The van der Waals surface area contributed by atoms with Crippen molar-refractivity contribution in [2.45, 2.75) is 24.8 Å². The number of aliphatic carboxylic acids is 1. The van der Waals surface area contributed by atoms with Crippen molar-refractivity contribution in [3.8, 4) is 0 Å². The topological polar surface area (TPSA) is 74.7 Å². The summed E-state index contributed by atoms with van der Waals surface area (Å²) in [6.07, 6.45) is 0. The number of nitrogens with zero attached hydrogens (tertiary/aromatic N) is 1. The molecule has 19 heavy (non-hydrogen) atoms. The Morgan fingerprint density at radius 1 is 1.47 bits per heavy atom. The standard InChI is InChI=1S/C11H13ClFNO4S/c1-7(2)14(6-11(15)16)19(17,18)10-4-3-8(12)5-9(10)13/h3-5,7H,6H2,1-2H3,(H,15,16). The summed E-state index contributed by atoms with van der Waals surface area (Å²) in [7, 11) is -4.22. The number of hydrogen-bond donors (Lipinski definition) is 1. The fourth-order valence-corrected chi connectivity index (χ4v) is 3.28. The first-order valence-corrected chi connectivity index (χ1v) is 7.16. The first-order valence-electron chi connectivity index (χ1n) is 5.35. The van der Waals surface area contributed by atoms with Crippen molar-refractivity contribution in [1.29, 1.82) is 0 Å². The number of rotatable bonds is 5. The number of carbonyl (C=O) groups is 1. The van der Waals surface area contributed by atoms with Gasteiger partial charge in [-0.25, -0.2) is 12.8 Å². The van der Waals surface area contributed by atoms with E-state index < -0.39 is 39.3 Å². The van der Waals surface area contributed by atoms with Gasteiger partial charge >= 0.3 is 5.97 Å². The van der Waals surface area contributed by atoms with Crippen LogP contribution >= 0.6 is 11.6 Å². The second kappa shape index (κ2) is 5.85. The average Bonchev–Trinajstić information content (AvgIpc) is 2.24. The van der Waals surface area contributed by atoms with Gasteiger partial charge in [-0.2, -0.15) is 4.31 Å². The summed E-state index contributed by atoms with van der Waals surface area (Å²) in [5.74, 6) is -2.32. The molecule has 1 rings (SSSR count). The van der Waals surface area contributed by atoms with Crippen LogP contribution in [0.25, 0.3) is 0 Å². The first kappa shape index (κ1) is 15.9. The molecular weight excluding hydrogens is 297 g/mol. The average molecular weight is 310 g/mol. The lowest BCUT2D eigenvalue weighted by Crippen LogP contribution is -2.40. The van der Waals surface area contributed by atoms with E-state index in [-0.39, 0.29) is 5.02 Å². The highest BCUT2D eigenvalue weighted by atomic mass is 35.5. The molecule has 0 aromatic heterocycles. The van der Waals surface area contributed by atoms with Gasteiger partial charge in [-0.1, -0.05) is 11.6 Å². The Morgan fingerprint density at radius 2 is 2.05 bits per heavy atom. The summed E-state index contributed by atoms with van der Waals surface area (Å²) < 4.78 is 38.8. The molecule has 0 unspecified atom stereocenters. The molecule has 0 amide bonds. The van der Waals surface area contributed by atoms with E-state index in [9.17, 15) is 17.6 Å². The number of halogens is 2. The highest BCUT2D eigenvalue weighted by molar-refractivity contribution is 7.89. The van der Waals surface area contributed by atoms with Crippen LogP contribution in [-0.2, 0) is 14.8 Å². The van der Waals surface area contributed by atoms with Crippen molar-refractivity contribution < 1.29 is 22.7 Å². The maximum atomic E-state index is 13.7. The molecule has 5 nitrogen and oxygen atoms in total. The molecule has 1 aromatic carbocycles. The van der Waals surface area contributed by atoms with Gasteiger partial charge in [0.05, 0.1) is 0 Å². The van der Waals surface area contributed by atoms with Gasteiger partial charge in [0.1, 0.15) is 17.3 Å². The van der Waals surface area contributed by atoms with Crippen molar-refractivity contribution in [2.75, 3.05) is 6.54 Å². The van der Waals surface area contributed by atoms with Crippen LogP contribution in [0.2, 0.25) is 5.02 Å². The fraction of sp³-hybridized carbons (Fsp3) is 0.364. The molecule has 0 aliphatic heterocycles. The molecule has 0 radical (unpaired) electrons. The Hall–Kier alpha value is -1.18. The zero-order chi connectivity index (χ0) is 14.8. The Balaban J connectivity index is 3.30. The van der Waals surface area contributed by atoms with Crippen molar-refractivity contribution in [2.24, 2.45) is 0 Å². The largest absolute Gasteiger partial charge is 0.480 e. The molecule has 0 aliphatic carbocycles. The third kappa shape index (κ3) is 3.65. The molecule has 0 spiro atoms. The second-order valence-corrected chi connectivity index (χ2v) is 6.41. The number of carboxylic acid groups (broad SMARTS) is 1. The van der Waals surface area contributed by atoms with E-state index in [0.29, 0.717) is 4.31 Å². The number of benzene rings is 1. The minimum Gasteiger partial charge on any atom is -0.480 e. The normalized spacial score (nSPS) is 12.1. The Morgan fingerprint density at radius 3 is 2.47 bits per heavy atom. The van der Waals surface area contributed by atoms with Gasteiger partial charge in [0.15, 0.2) is 0 Å². The van der Waals surface area contributed by atoms with Crippen LogP contribution in [0.1, 0.15) is 13.8 Å². The van der Waals surface area contributed by atoms with Crippen molar-refractivity contribution >= 4 is 27.6 Å². The van der Waals surface area contributed by atoms with Gasteiger partial charge in [-0.05, 0) is 32.0 Å². The minimum atomic E-state index is -4.22. The van der Waals surface area contributed by atoms with Crippen LogP contribution in [0.5, 0.6) is 0 Å². The Bertz CT molecular complexity index is 588. The maximum absolute atomic E-state index is 13.7. The summed E-state index contributed by atoms with van der Waals surface area (Å²) in [6.45, 7) is 2.28. The van der Waals surface area contributed by atoms with E-state index in [4.69, 9.17) is 16.7 Å². The zero-order valence-corrected chi connectivity index (χ0v) is 11.9. The number of carboxylic acids is 1. The molecule has 0 fully saturated rings. The van der Waals surface area contributed by atoms with E-state index in [1.54, 1.807) is 0 Å². The predicted molar refractivity (Wildman–Crippen MR) is 68.1 cm³/mol. The Kier molecular flexibility index (Phi) is 4.89. The van der Waals surface area contributed by atoms with Crippen LogP contribution in [0.15, 0.2) is 23.1 Å². The van der Waals surface area contributed by atoms with Crippen molar-refractivity contribution in [3.63, 3.8) is 0 Å². The molecular formula is C11H13ClFNO4S. The molecule has 1 N–H and O–H groups in total. The summed E-state index contributed by atoms with van der Waals surface area (Å²) >= 11 is 5.55. The third-order valence-corrected chi connectivity index (χ3v) is 4.64. The van der Waals surface area contributed by atoms with E-state index in [0.717, 1.165) is 12.1 Å². The molecule has 0 aliphatic rings. The summed E-state index contributed by atoms with van der Waals surface area (Å²) in [6, 6.07) is 2.51. The molecule has 0 heterocycles. The van der Waals surface area contributed by atoms with Gasteiger partial charge < -0.3 is 5.11 Å². The van der Waals surface area contributed by atoms with Crippen molar-refractivity contribution in [1.82, 2.24) is 4.31 Å². The molecule has 0 atom stereocenters. The highest BCUT2D eigenvalue weighted by Gasteiger charge is 2.31. The SMILES string of the molecule is CC(C)N(CC(=O)O)S(=O)(=O)c1ccc(Cl)cc1F. The molecule has 1 aromatic rings. The fourth-order valence-electron chi connectivity index (χ4n) is 1.49. The van der Waals surface area contributed by atoms with E-state index in [1.165, 1.54) is 19.9 Å². The van der Waals surface area contributed by atoms with Crippen molar-refractivity contribution in [3.05, 3.63) is 29.0 Å². The van der Waals surface area contributed by atoms with Crippen LogP contribution < -0.4 is 0 Å².